The normalized spacial score (nSPS) is 19.3. The zero-order valence-corrected chi connectivity index (χ0v) is 16.6. The number of aliphatic carboxylic acids is 1. The summed E-state index contributed by atoms with van der Waals surface area (Å²) in [7, 11) is 0. The Balaban J connectivity index is 1.83. The average molecular weight is 380 g/mol. The first-order chi connectivity index (χ1) is 13.0. The first kappa shape index (κ1) is 18.2. The predicted octanol–water partition coefficient (Wildman–Crippen LogP) is 5.40. The summed E-state index contributed by atoms with van der Waals surface area (Å²) in [6.45, 7) is 5.83. The number of fused-ring (bicyclic) bond motifs is 1. The molecule has 2 atom stereocenters. The van der Waals surface area contributed by atoms with Crippen molar-refractivity contribution < 1.29 is 9.90 Å². The van der Waals surface area contributed by atoms with Gasteiger partial charge in [0.25, 0.3) is 0 Å². The predicted molar refractivity (Wildman–Crippen MR) is 112 cm³/mol. The van der Waals surface area contributed by atoms with Crippen molar-refractivity contribution in [2.45, 2.75) is 32.7 Å². The zero-order chi connectivity index (χ0) is 19.0. The topological polar surface area (TPSA) is 40.5 Å². The van der Waals surface area contributed by atoms with Crippen LogP contribution in [0.4, 0.5) is 0 Å². The number of piperidine rings is 1. The minimum atomic E-state index is -0.672. The van der Waals surface area contributed by atoms with Crippen molar-refractivity contribution >= 4 is 27.4 Å². The number of rotatable bonds is 4. The van der Waals surface area contributed by atoms with Gasteiger partial charge in [-0.05, 0) is 66.8 Å². The quantitative estimate of drug-likeness (QED) is 0.659. The minimum Gasteiger partial charge on any atom is -0.481 e. The van der Waals surface area contributed by atoms with Gasteiger partial charge >= 0.3 is 5.97 Å². The third-order valence-corrected chi connectivity index (χ3v) is 6.67. The van der Waals surface area contributed by atoms with Crippen molar-refractivity contribution in [1.29, 1.82) is 0 Å². The number of thiophene rings is 1. The highest BCUT2D eigenvalue weighted by Gasteiger charge is 2.32. The molecule has 1 saturated heterocycles. The van der Waals surface area contributed by atoms with Crippen LogP contribution in [0.2, 0.25) is 0 Å². The van der Waals surface area contributed by atoms with Crippen LogP contribution in [0.25, 0.3) is 10.1 Å². The van der Waals surface area contributed by atoms with Gasteiger partial charge in [0.15, 0.2) is 0 Å². The third-order valence-electron chi connectivity index (χ3n) is 5.69. The van der Waals surface area contributed by atoms with Crippen LogP contribution < -0.4 is 0 Å². The lowest BCUT2D eigenvalue weighted by Gasteiger charge is -2.38. The Labute approximate surface area is 164 Å². The summed E-state index contributed by atoms with van der Waals surface area (Å²) in [4.78, 5) is 14.0. The molecular formula is C23H25NO2S. The zero-order valence-electron chi connectivity index (χ0n) is 15.8. The number of carbonyl (C=O) groups is 1. The lowest BCUT2D eigenvalue weighted by molar-refractivity contribution is -0.143. The molecule has 0 spiro atoms. The molecule has 1 aromatic heterocycles. The van der Waals surface area contributed by atoms with E-state index in [1.54, 1.807) is 11.3 Å². The molecule has 4 heteroatoms. The van der Waals surface area contributed by atoms with Gasteiger partial charge in [-0.3, -0.25) is 9.69 Å². The summed E-state index contributed by atoms with van der Waals surface area (Å²) in [5.41, 5.74) is 5.11. The van der Waals surface area contributed by atoms with Crippen LogP contribution in [-0.2, 0) is 4.79 Å². The SMILES string of the molecule is Cc1ccc(C(c2csc3ccccc23)N2CCCC(C(=O)O)C2)c(C)c1. The Kier molecular flexibility index (Phi) is 5.02. The van der Waals surface area contributed by atoms with Crippen LogP contribution in [0.1, 0.15) is 41.1 Å². The number of nitrogens with zero attached hydrogens (tertiary/aromatic N) is 1. The molecule has 2 aromatic carbocycles. The Bertz CT molecular complexity index is 977. The molecule has 0 aliphatic carbocycles. The second-order valence-electron chi connectivity index (χ2n) is 7.62. The maximum Gasteiger partial charge on any atom is 0.307 e. The number of hydrogen-bond acceptors (Lipinski definition) is 3. The van der Waals surface area contributed by atoms with Crippen molar-refractivity contribution in [1.82, 2.24) is 4.90 Å². The molecule has 1 aliphatic rings. The fraction of sp³-hybridized carbons (Fsp3) is 0.348. The Morgan fingerprint density at radius 2 is 2.00 bits per heavy atom. The Hall–Kier alpha value is -2.17. The molecule has 3 aromatic rings. The maximum absolute atomic E-state index is 11.6. The fourth-order valence-electron chi connectivity index (χ4n) is 4.35. The number of carboxylic acids is 1. The van der Waals surface area contributed by atoms with Crippen LogP contribution in [0.15, 0.2) is 47.8 Å². The average Bonchev–Trinajstić information content (AvgIpc) is 3.08. The van der Waals surface area contributed by atoms with E-state index in [9.17, 15) is 9.90 Å². The molecule has 0 amide bonds. The van der Waals surface area contributed by atoms with E-state index < -0.39 is 5.97 Å². The van der Waals surface area contributed by atoms with Crippen LogP contribution in [0.3, 0.4) is 0 Å². The Morgan fingerprint density at radius 1 is 1.19 bits per heavy atom. The van der Waals surface area contributed by atoms with Crippen molar-refractivity contribution in [3.8, 4) is 0 Å². The lowest BCUT2D eigenvalue weighted by Crippen LogP contribution is -2.41. The number of aryl methyl sites for hydroxylation is 2. The summed E-state index contributed by atoms with van der Waals surface area (Å²) in [6.07, 6.45) is 1.70. The van der Waals surface area contributed by atoms with Gasteiger partial charge in [0.2, 0.25) is 0 Å². The van der Waals surface area contributed by atoms with Crippen LogP contribution in [0.5, 0.6) is 0 Å². The van der Waals surface area contributed by atoms with Gasteiger partial charge in [-0.1, -0.05) is 42.0 Å². The monoisotopic (exact) mass is 379 g/mol. The second kappa shape index (κ2) is 7.45. The number of benzene rings is 2. The number of hydrogen-bond donors (Lipinski definition) is 1. The van der Waals surface area contributed by atoms with E-state index >= 15 is 0 Å². The molecule has 0 bridgehead atoms. The highest BCUT2D eigenvalue weighted by molar-refractivity contribution is 7.17. The van der Waals surface area contributed by atoms with Gasteiger partial charge in [-0.15, -0.1) is 11.3 Å². The molecule has 2 heterocycles. The van der Waals surface area contributed by atoms with E-state index in [1.807, 2.05) is 0 Å². The van der Waals surface area contributed by atoms with Crippen molar-refractivity contribution in [2.24, 2.45) is 5.92 Å². The van der Waals surface area contributed by atoms with Crippen LogP contribution in [0, 0.1) is 19.8 Å². The summed E-state index contributed by atoms with van der Waals surface area (Å²) in [5.74, 6) is -0.953. The molecule has 4 rings (SSSR count). The Morgan fingerprint density at radius 3 is 2.78 bits per heavy atom. The molecule has 140 valence electrons. The molecule has 2 unspecified atom stereocenters. The molecule has 1 aliphatic heterocycles. The van der Waals surface area contributed by atoms with Crippen molar-refractivity contribution in [3.63, 3.8) is 0 Å². The molecule has 1 N–H and O–H groups in total. The van der Waals surface area contributed by atoms with Crippen LogP contribution in [-0.4, -0.2) is 29.1 Å². The van der Waals surface area contributed by atoms with E-state index in [1.165, 1.54) is 32.3 Å². The van der Waals surface area contributed by atoms with Gasteiger partial charge in [-0.2, -0.15) is 0 Å². The van der Waals surface area contributed by atoms with Crippen molar-refractivity contribution in [2.75, 3.05) is 13.1 Å². The minimum absolute atomic E-state index is 0.101. The van der Waals surface area contributed by atoms with Crippen LogP contribution >= 0.6 is 11.3 Å². The summed E-state index contributed by atoms with van der Waals surface area (Å²) >= 11 is 1.77. The van der Waals surface area contributed by atoms with Gasteiger partial charge in [-0.25, -0.2) is 0 Å². The largest absolute Gasteiger partial charge is 0.481 e. The molecule has 0 radical (unpaired) electrons. The standard InChI is InChI=1S/C23H25NO2S/c1-15-9-10-18(16(2)12-15)22(24-11-5-6-17(13-24)23(25)26)20-14-27-21-8-4-3-7-19(20)21/h3-4,7-10,12,14,17,22H,5-6,11,13H2,1-2H3,(H,25,26). The molecule has 1 fully saturated rings. The number of carboxylic acid groups (broad SMARTS) is 1. The highest BCUT2D eigenvalue weighted by atomic mass is 32.1. The summed E-state index contributed by atoms with van der Waals surface area (Å²) in [5, 5.41) is 13.1. The molecular weight excluding hydrogens is 354 g/mol. The number of likely N-dealkylation sites (tertiary alicyclic amines) is 1. The molecule has 27 heavy (non-hydrogen) atoms. The van der Waals surface area contributed by atoms with E-state index in [0.717, 1.165) is 19.4 Å². The first-order valence-corrected chi connectivity index (χ1v) is 10.4. The smallest absolute Gasteiger partial charge is 0.307 e. The van der Waals surface area contributed by atoms with E-state index in [-0.39, 0.29) is 12.0 Å². The third kappa shape index (κ3) is 3.52. The maximum atomic E-state index is 11.6. The fourth-order valence-corrected chi connectivity index (χ4v) is 5.33. The molecule has 3 nitrogen and oxygen atoms in total. The van der Waals surface area contributed by atoms with Gasteiger partial charge in [0.1, 0.15) is 0 Å². The summed E-state index contributed by atoms with van der Waals surface area (Å²) < 4.78 is 1.29. The second-order valence-corrected chi connectivity index (χ2v) is 8.53. The summed E-state index contributed by atoms with van der Waals surface area (Å²) in [6, 6.07) is 15.3. The van der Waals surface area contributed by atoms with Crippen molar-refractivity contribution in [3.05, 3.63) is 70.1 Å². The van der Waals surface area contributed by atoms with E-state index in [0.29, 0.717) is 6.54 Å². The van der Waals surface area contributed by atoms with E-state index in [4.69, 9.17) is 0 Å². The molecule has 0 saturated carbocycles. The first-order valence-electron chi connectivity index (χ1n) is 9.54. The highest BCUT2D eigenvalue weighted by Crippen LogP contribution is 2.40. The van der Waals surface area contributed by atoms with E-state index in [2.05, 4.69) is 66.6 Å². The van der Waals surface area contributed by atoms with Gasteiger partial charge < -0.3 is 5.11 Å². The van der Waals surface area contributed by atoms with Gasteiger partial charge in [0.05, 0.1) is 12.0 Å². The van der Waals surface area contributed by atoms with Gasteiger partial charge in [0, 0.05) is 11.2 Å². The lowest BCUT2D eigenvalue weighted by atomic mass is 9.89.